The van der Waals surface area contributed by atoms with Crippen LogP contribution in [0.1, 0.15) is 12.1 Å². The second-order valence-corrected chi connectivity index (χ2v) is 8.16. The highest BCUT2D eigenvalue weighted by atomic mass is 16.5. The summed E-state index contributed by atoms with van der Waals surface area (Å²) >= 11 is 0. The number of hydrogen-bond acceptors (Lipinski definition) is 7. The second kappa shape index (κ2) is 9.79. The van der Waals surface area contributed by atoms with Gasteiger partial charge in [-0.15, -0.1) is 0 Å². The van der Waals surface area contributed by atoms with Gasteiger partial charge in [-0.2, -0.15) is 5.10 Å². The van der Waals surface area contributed by atoms with E-state index in [1.54, 1.807) is 37.4 Å². The van der Waals surface area contributed by atoms with E-state index in [4.69, 9.17) is 15.2 Å². The van der Waals surface area contributed by atoms with Gasteiger partial charge < -0.3 is 24.9 Å². The Hall–Kier alpha value is -4.86. The Morgan fingerprint density at radius 2 is 1.89 bits per heavy atom. The van der Waals surface area contributed by atoms with Gasteiger partial charge in [0.05, 0.1) is 18.5 Å². The molecule has 1 aliphatic heterocycles. The van der Waals surface area contributed by atoms with Crippen molar-refractivity contribution in [2.24, 2.45) is 10.8 Å². The van der Waals surface area contributed by atoms with Crippen LogP contribution in [0.25, 0.3) is 5.65 Å². The van der Waals surface area contributed by atoms with Gasteiger partial charge in [0, 0.05) is 30.6 Å². The molecule has 0 fully saturated rings. The van der Waals surface area contributed by atoms with E-state index in [1.807, 2.05) is 53.2 Å². The summed E-state index contributed by atoms with van der Waals surface area (Å²) in [5, 5.41) is 8.68. The minimum Gasteiger partial charge on any atom is -0.493 e. The second-order valence-electron chi connectivity index (χ2n) is 8.16. The molecule has 2 aromatic heterocycles. The van der Waals surface area contributed by atoms with Crippen LogP contribution in [0, 0.1) is 0 Å². The summed E-state index contributed by atoms with van der Waals surface area (Å²) in [6.07, 6.45) is 3.90. The SMILES string of the molecule is COc1ccc(NC(=O)C2=NN(c3ccccc3)C(C(N)=O)C2)cc1OCc1cn2ccccc2n1. The molecule has 3 heterocycles. The molecule has 36 heavy (non-hydrogen) atoms. The zero-order chi connectivity index (χ0) is 25.1. The van der Waals surface area contributed by atoms with Crippen LogP contribution in [-0.2, 0) is 16.2 Å². The number of benzene rings is 2. The Balaban J connectivity index is 1.31. The lowest BCUT2D eigenvalue weighted by molar-refractivity contribution is -0.119. The molecule has 5 rings (SSSR count). The van der Waals surface area contributed by atoms with Gasteiger partial charge in [0.1, 0.15) is 24.0 Å². The minimum absolute atomic E-state index is 0.101. The van der Waals surface area contributed by atoms with Gasteiger partial charge in [-0.25, -0.2) is 4.98 Å². The molecule has 2 amide bonds. The summed E-state index contributed by atoms with van der Waals surface area (Å²) in [6, 6.07) is 19.2. The largest absolute Gasteiger partial charge is 0.493 e. The van der Waals surface area contributed by atoms with Gasteiger partial charge in [0.15, 0.2) is 11.5 Å². The van der Waals surface area contributed by atoms with E-state index in [2.05, 4.69) is 15.4 Å². The quantitative estimate of drug-likeness (QED) is 0.396. The van der Waals surface area contributed by atoms with Crippen LogP contribution in [0.15, 0.2) is 84.2 Å². The number of pyridine rings is 1. The third-order valence-electron chi connectivity index (χ3n) is 5.73. The Labute approximate surface area is 206 Å². The monoisotopic (exact) mass is 484 g/mol. The molecule has 1 atom stereocenters. The molecule has 10 nitrogen and oxygen atoms in total. The first-order valence-corrected chi connectivity index (χ1v) is 11.3. The first-order valence-electron chi connectivity index (χ1n) is 11.3. The summed E-state index contributed by atoms with van der Waals surface area (Å²) in [7, 11) is 1.54. The molecule has 0 saturated heterocycles. The standard InChI is InChI=1S/C26H24N6O4/c1-35-22-11-10-17(13-23(22)36-16-18-15-31-12-6-5-9-24(31)28-18)29-26(34)20-14-21(25(27)33)32(30-20)19-7-3-2-4-8-19/h2-13,15,21H,14,16H2,1H3,(H2,27,33)(H,29,34). The maximum Gasteiger partial charge on any atom is 0.271 e. The van der Waals surface area contributed by atoms with Crippen molar-refractivity contribution in [3.05, 3.63) is 84.8 Å². The van der Waals surface area contributed by atoms with Crippen LogP contribution in [0.5, 0.6) is 11.5 Å². The van der Waals surface area contributed by atoms with Crippen LogP contribution < -0.4 is 25.5 Å². The van der Waals surface area contributed by atoms with Crippen molar-refractivity contribution < 1.29 is 19.1 Å². The Bertz CT molecular complexity index is 1420. The van der Waals surface area contributed by atoms with Gasteiger partial charge in [-0.3, -0.25) is 14.6 Å². The first kappa shape index (κ1) is 22.9. The number of para-hydroxylation sites is 1. The van der Waals surface area contributed by atoms with Gasteiger partial charge in [-0.05, 0) is 36.4 Å². The van der Waals surface area contributed by atoms with Crippen molar-refractivity contribution in [2.45, 2.75) is 19.1 Å². The third kappa shape index (κ3) is 4.69. The lowest BCUT2D eigenvalue weighted by Crippen LogP contribution is -2.39. The molecule has 0 aliphatic carbocycles. The van der Waals surface area contributed by atoms with Crippen LogP contribution >= 0.6 is 0 Å². The number of aromatic nitrogens is 2. The lowest BCUT2D eigenvalue weighted by Gasteiger charge is -2.20. The Kier molecular flexibility index (Phi) is 6.23. The smallest absolute Gasteiger partial charge is 0.271 e. The van der Waals surface area contributed by atoms with E-state index < -0.39 is 17.9 Å². The van der Waals surface area contributed by atoms with Crippen LogP contribution in [0.4, 0.5) is 11.4 Å². The molecule has 4 aromatic rings. The Morgan fingerprint density at radius 1 is 1.08 bits per heavy atom. The number of primary amides is 1. The van der Waals surface area contributed by atoms with E-state index >= 15 is 0 Å². The zero-order valence-corrected chi connectivity index (χ0v) is 19.5. The topological polar surface area (TPSA) is 124 Å². The fourth-order valence-corrected chi connectivity index (χ4v) is 3.97. The number of nitrogens with two attached hydrogens (primary N) is 1. The van der Waals surface area contributed by atoms with E-state index in [1.165, 1.54) is 5.01 Å². The number of hydrazone groups is 1. The summed E-state index contributed by atoms with van der Waals surface area (Å²) < 4.78 is 13.3. The fraction of sp³-hybridized carbons (Fsp3) is 0.154. The predicted molar refractivity (Wildman–Crippen MR) is 135 cm³/mol. The van der Waals surface area contributed by atoms with Gasteiger partial charge in [0.2, 0.25) is 5.91 Å². The van der Waals surface area contributed by atoms with Crippen molar-refractivity contribution in [1.29, 1.82) is 0 Å². The molecule has 1 aliphatic rings. The number of methoxy groups -OCH3 is 1. The Morgan fingerprint density at radius 3 is 2.64 bits per heavy atom. The maximum absolute atomic E-state index is 13.0. The fourth-order valence-electron chi connectivity index (χ4n) is 3.97. The van der Waals surface area contributed by atoms with Gasteiger partial charge in [0.25, 0.3) is 5.91 Å². The molecule has 0 saturated carbocycles. The molecule has 182 valence electrons. The van der Waals surface area contributed by atoms with Crippen LogP contribution in [-0.4, -0.2) is 40.1 Å². The summed E-state index contributed by atoms with van der Waals surface area (Å²) in [4.78, 5) is 29.5. The molecule has 0 bridgehead atoms. The van der Waals surface area contributed by atoms with Crippen LogP contribution in [0.2, 0.25) is 0 Å². The third-order valence-corrected chi connectivity index (χ3v) is 5.73. The molecule has 0 radical (unpaired) electrons. The molecule has 2 aromatic carbocycles. The normalized spacial score (nSPS) is 15.0. The minimum atomic E-state index is -0.742. The number of carbonyl (C=O) groups is 2. The van der Waals surface area contributed by atoms with Crippen molar-refractivity contribution in [2.75, 3.05) is 17.4 Å². The number of rotatable bonds is 8. The molecule has 3 N–H and O–H groups in total. The highest BCUT2D eigenvalue weighted by Crippen LogP contribution is 2.31. The molecule has 0 spiro atoms. The van der Waals surface area contributed by atoms with E-state index in [0.717, 1.165) is 11.3 Å². The predicted octanol–water partition coefficient (Wildman–Crippen LogP) is 2.98. The molecular weight excluding hydrogens is 460 g/mol. The molecule has 10 heteroatoms. The number of hydrogen-bond donors (Lipinski definition) is 2. The zero-order valence-electron chi connectivity index (χ0n) is 19.5. The molecule has 1 unspecified atom stereocenters. The first-order chi connectivity index (χ1) is 17.5. The lowest BCUT2D eigenvalue weighted by atomic mass is 10.1. The number of ether oxygens (including phenoxy) is 2. The van der Waals surface area contributed by atoms with Crippen LogP contribution in [0.3, 0.4) is 0 Å². The highest BCUT2D eigenvalue weighted by Gasteiger charge is 2.35. The number of amides is 2. The number of imidazole rings is 1. The number of nitrogens with zero attached hydrogens (tertiary/aromatic N) is 4. The van der Waals surface area contributed by atoms with E-state index in [0.29, 0.717) is 22.9 Å². The van der Waals surface area contributed by atoms with E-state index in [-0.39, 0.29) is 18.7 Å². The number of anilines is 2. The summed E-state index contributed by atoms with van der Waals surface area (Å²) in [5.74, 6) is -0.0331. The highest BCUT2D eigenvalue weighted by molar-refractivity contribution is 6.44. The van der Waals surface area contributed by atoms with Gasteiger partial charge in [-0.1, -0.05) is 24.3 Å². The average molecular weight is 485 g/mol. The van der Waals surface area contributed by atoms with Crippen molar-refractivity contribution >= 4 is 34.5 Å². The summed E-state index contributed by atoms with van der Waals surface area (Å²) in [6.45, 7) is 0.217. The average Bonchev–Trinajstić information content (AvgIpc) is 3.53. The maximum atomic E-state index is 13.0. The van der Waals surface area contributed by atoms with Crippen molar-refractivity contribution in [3.63, 3.8) is 0 Å². The molecular formula is C26H24N6O4. The number of fused-ring (bicyclic) bond motifs is 1. The van der Waals surface area contributed by atoms with Crippen molar-refractivity contribution in [3.8, 4) is 11.5 Å². The number of carbonyl (C=O) groups excluding carboxylic acids is 2. The number of nitrogens with one attached hydrogen (secondary N) is 1. The van der Waals surface area contributed by atoms with Crippen molar-refractivity contribution in [1.82, 2.24) is 9.38 Å². The summed E-state index contributed by atoms with van der Waals surface area (Å²) in [5.41, 5.74) is 8.51. The van der Waals surface area contributed by atoms with E-state index in [9.17, 15) is 9.59 Å². The van der Waals surface area contributed by atoms with Gasteiger partial charge >= 0.3 is 0 Å².